The molecule has 9 heteroatoms. The third-order valence-corrected chi connectivity index (χ3v) is 5.86. The molecule has 0 aromatic heterocycles. The molecule has 0 radical (unpaired) electrons. The van der Waals surface area contributed by atoms with Crippen LogP contribution in [0.5, 0.6) is 0 Å². The summed E-state index contributed by atoms with van der Waals surface area (Å²) in [5.41, 5.74) is -0.0104. The van der Waals surface area contributed by atoms with Crippen molar-refractivity contribution in [1.82, 2.24) is 10.6 Å². The molecule has 25 heavy (non-hydrogen) atoms. The van der Waals surface area contributed by atoms with E-state index in [1.165, 1.54) is 18.2 Å². The van der Waals surface area contributed by atoms with E-state index in [1.807, 2.05) is 0 Å². The fourth-order valence-corrected chi connectivity index (χ4v) is 3.43. The molecule has 140 valence electrons. The number of nitrogens with one attached hydrogen (secondary N) is 2. The Labute approximate surface area is 147 Å². The lowest BCUT2D eigenvalue weighted by Gasteiger charge is -2.21. The van der Waals surface area contributed by atoms with Crippen LogP contribution < -0.4 is 15.5 Å². The highest BCUT2D eigenvalue weighted by Gasteiger charge is 2.27. The minimum Gasteiger partial charge on any atom is -0.365 e. The molecule has 1 aromatic carbocycles. The van der Waals surface area contributed by atoms with Gasteiger partial charge in [0.05, 0.1) is 5.75 Å². The topological polar surface area (TPSA) is 73.8 Å². The molecule has 0 aliphatic carbocycles. The molecule has 1 atom stereocenters. The predicted octanol–water partition coefficient (Wildman–Crippen LogP) is 1.14. The fraction of sp³-hybridized carbons (Fsp3) is 0.562. The maximum absolute atomic E-state index is 13.9. The third kappa shape index (κ3) is 5.29. The first-order valence-corrected chi connectivity index (χ1v) is 10.0. The number of nitrogens with zero attached hydrogens (tertiary/aromatic N) is 2. The van der Waals surface area contributed by atoms with Gasteiger partial charge in [-0.1, -0.05) is 13.0 Å². The monoisotopic (exact) mass is 374 g/mol. The highest BCUT2D eigenvalue weighted by Crippen LogP contribution is 2.26. The van der Waals surface area contributed by atoms with E-state index in [2.05, 4.69) is 15.6 Å². The Morgan fingerprint density at radius 1 is 1.36 bits per heavy atom. The second-order valence-electron chi connectivity index (χ2n) is 5.88. The van der Waals surface area contributed by atoms with Crippen LogP contribution >= 0.6 is 0 Å². The van der Waals surface area contributed by atoms with E-state index >= 15 is 0 Å². The number of guanidine groups is 1. The zero-order valence-corrected chi connectivity index (χ0v) is 15.2. The molecule has 1 saturated heterocycles. The van der Waals surface area contributed by atoms with Crippen LogP contribution in [-0.4, -0.2) is 58.6 Å². The summed E-state index contributed by atoms with van der Waals surface area (Å²) in [6.07, 6.45) is 0.696. The van der Waals surface area contributed by atoms with Gasteiger partial charge in [0.1, 0.15) is 17.3 Å². The highest BCUT2D eigenvalue weighted by atomic mass is 32.2. The molecule has 2 N–H and O–H groups in total. The normalized spacial score (nSPS) is 18.5. The lowest BCUT2D eigenvalue weighted by molar-refractivity contribution is 0.576. The highest BCUT2D eigenvalue weighted by molar-refractivity contribution is 7.91. The summed E-state index contributed by atoms with van der Waals surface area (Å²) in [4.78, 5) is 5.73. The van der Waals surface area contributed by atoms with Crippen LogP contribution in [-0.2, 0) is 9.84 Å². The van der Waals surface area contributed by atoms with Crippen molar-refractivity contribution >= 4 is 21.5 Å². The van der Waals surface area contributed by atoms with Gasteiger partial charge in [0.2, 0.25) is 0 Å². The van der Waals surface area contributed by atoms with Crippen LogP contribution in [0.4, 0.5) is 14.5 Å². The molecular weight excluding hydrogens is 350 g/mol. The van der Waals surface area contributed by atoms with Gasteiger partial charge >= 0.3 is 0 Å². The Balaban J connectivity index is 1.89. The SMILES string of the molecule is CCS(=O)(=O)CCNC(=NC)NC1CCN(c2c(F)cccc2F)C1. The number of anilines is 1. The number of hydrogen-bond donors (Lipinski definition) is 2. The first-order chi connectivity index (χ1) is 11.9. The van der Waals surface area contributed by atoms with Crippen LogP contribution in [0.15, 0.2) is 23.2 Å². The Kier molecular flexibility index (Phi) is 6.57. The molecule has 6 nitrogen and oxygen atoms in total. The van der Waals surface area contributed by atoms with Crippen LogP contribution in [0.2, 0.25) is 0 Å². The van der Waals surface area contributed by atoms with Gasteiger partial charge < -0.3 is 15.5 Å². The first kappa shape index (κ1) is 19.4. The third-order valence-electron chi connectivity index (χ3n) is 4.15. The first-order valence-electron chi connectivity index (χ1n) is 8.23. The van der Waals surface area contributed by atoms with Crippen LogP contribution in [0.1, 0.15) is 13.3 Å². The summed E-state index contributed by atoms with van der Waals surface area (Å²) >= 11 is 0. The summed E-state index contributed by atoms with van der Waals surface area (Å²) < 4.78 is 50.7. The van der Waals surface area contributed by atoms with Crippen molar-refractivity contribution < 1.29 is 17.2 Å². The summed E-state index contributed by atoms with van der Waals surface area (Å²) in [5.74, 6) is -0.540. The smallest absolute Gasteiger partial charge is 0.191 e. The Hall–Kier alpha value is -1.90. The maximum atomic E-state index is 13.9. The van der Waals surface area contributed by atoms with E-state index < -0.39 is 21.5 Å². The number of sulfone groups is 1. The molecule has 1 aliphatic heterocycles. The van der Waals surface area contributed by atoms with Crippen molar-refractivity contribution in [2.24, 2.45) is 4.99 Å². The number of rotatable bonds is 6. The van der Waals surface area contributed by atoms with Gasteiger partial charge in [-0.2, -0.15) is 0 Å². The second-order valence-corrected chi connectivity index (χ2v) is 8.35. The van der Waals surface area contributed by atoms with E-state index in [0.717, 1.165) is 0 Å². The number of hydrogen-bond acceptors (Lipinski definition) is 4. The zero-order chi connectivity index (χ0) is 18.4. The summed E-state index contributed by atoms with van der Waals surface area (Å²) in [5, 5.41) is 6.12. The van der Waals surface area contributed by atoms with Gasteiger partial charge in [0, 0.05) is 38.5 Å². The fourth-order valence-electron chi connectivity index (χ4n) is 2.73. The van der Waals surface area contributed by atoms with E-state index in [4.69, 9.17) is 0 Å². The van der Waals surface area contributed by atoms with Crippen molar-refractivity contribution in [3.05, 3.63) is 29.8 Å². The van der Waals surface area contributed by atoms with Gasteiger partial charge in [-0.3, -0.25) is 4.99 Å². The molecular formula is C16H24F2N4O2S. The second kappa shape index (κ2) is 8.46. The number of aliphatic imine (C=N–C) groups is 1. The zero-order valence-electron chi connectivity index (χ0n) is 14.4. The van der Waals surface area contributed by atoms with Gasteiger partial charge in [-0.25, -0.2) is 17.2 Å². The molecule has 1 fully saturated rings. The van der Waals surface area contributed by atoms with E-state index in [9.17, 15) is 17.2 Å². The van der Waals surface area contributed by atoms with Crippen molar-refractivity contribution in [3.63, 3.8) is 0 Å². The number of benzene rings is 1. The summed E-state index contributed by atoms with van der Waals surface area (Å²) in [6, 6.07) is 3.80. The molecule has 2 rings (SSSR count). The Bertz CT molecular complexity index is 705. The van der Waals surface area contributed by atoms with Crippen molar-refractivity contribution in [2.45, 2.75) is 19.4 Å². The van der Waals surface area contributed by atoms with Crippen LogP contribution in [0, 0.1) is 11.6 Å². The van der Waals surface area contributed by atoms with Crippen LogP contribution in [0.25, 0.3) is 0 Å². The summed E-state index contributed by atoms with van der Waals surface area (Å²) in [7, 11) is -1.45. The largest absolute Gasteiger partial charge is 0.365 e. The standard InChI is InChI=1S/C16H24F2N4O2S/c1-3-25(23,24)10-8-20-16(19-2)21-12-7-9-22(11-12)15-13(17)5-4-6-14(15)18/h4-6,12H,3,7-11H2,1-2H3,(H2,19,20,21). The molecule has 1 heterocycles. The molecule has 1 aliphatic rings. The van der Waals surface area contributed by atoms with Crippen molar-refractivity contribution in [2.75, 3.05) is 43.1 Å². The van der Waals surface area contributed by atoms with Gasteiger partial charge in [-0.05, 0) is 18.6 Å². The number of para-hydroxylation sites is 1. The van der Waals surface area contributed by atoms with E-state index in [-0.39, 0.29) is 29.8 Å². The van der Waals surface area contributed by atoms with Gasteiger partial charge in [0.25, 0.3) is 0 Å². The average molecular weight is 374 g/mol. The average Bonchev–Trinajstić information content (AvgIpc) is 3.01. The minimum atomic E-state index is -3.04. The molecule has 0 saturated carbocycles. The van der Waals surface area contributed by atoms with Gasteiger partial charge in [-0.15, -0.1) is 0 Å². The minimum absolute atomic E-state index is 0.0104. The lowest BCUT2D eigenvalue weighted by Crippen LogP contribution is -2.45. The summed E-state index contributed by atoms with van der Waals surface area (Å²) in [6.45, 7) is 2.83. The molecule has 0 amide bonds. The maximum Gasteiger partial charge on any atom is 0.191 e. The Morgan fingerprint density at radius 3 is 2.64 bits per heavy atom. The molecule has 1 unspecified atom stereocenters. The van der Waals surface area contributed by atoms with E-state index in [1.54, 1.807) is 18.9 Å². The van der Waals surface area contributed by atoms with Crippen molar-refractivity contribution in [3.8, 4) is 0 Å². The Morgan fingerprint density at radius 2 is 2.04 bits per heavy atom. The quantitative estimate of drug-likeness (QED) is 0.577. The van der Waals surface area contributed by atoms with E-state index in [0.29, 0.717) is 25.5 Å². The van der Waals surface area contributed by atoms with Crippen molar-refractivity contribution in [1.29, 1.82) is 0 Å². The molecule has 0 bridgehead atoms. The lowest BCUT2D eigenvalue weighted by atomic mass is 10.2. The van der Waals surface area contributed by atoms with Gasteiger partial charge in [0.15, 0.2) is 15.8 Å². The predicted molar refractivity (Wildman–Crippen MR) is 95.8 cm³/mol. The van der Waals surface area contributed by atoms with Crippen LogP contribution in [0.3, 0.4) is 0 Å². The number of halogens is 2. The molecule has 0 spiro atoms. The molecule has 1 aromatic rings.